The topological polar surface area (TPSA) is 106 Å². The first-order valence-corrected chi connectivity index (χ1v) is 11.4. The van der Waals surface area contributed by atoms with Crippen LogP contribution in [0.5, 0.6) is 0 Å². The van der Waals surface area contributed by atoms with Crippen LogP contribution in [0.3, 0.4) is 0 Å². The third-order valence-electron chi connectivity index (χ3n) is 5.17. The average molecular weight is 442 g/mol. The highest BCUT2D eigenvalue weighted by molar-refractivity contribution is 7.89. The van der Waals surface area contributed by atoms with Crippen molar-refractivity contribution in [1.29, 1.82) is 0 Å². The minimum Gasteiger partial charge on any atom is -0.465 e. The van der Waals surface area contributed by atoms with E-state index in [1.807, 2.05) is 18.2 Å². The Hall–Kier alpha value is -3.17. The number of para-hydroxylation sites is 1. The second-order valence-electron chi connectivity index (χ2n) is 7.37. The van der Waals surface area contributed by atoms with Crippen molar-refractivity contribution in [3.05, 3.63) is 65.9 Å². The molecule has 0 radical (unpaired) electrons. The molecule has 0 aliphatic carbocycles. The number of sulfonamides is 1. The SMILES string of the molecule is Cc1noc(/C=C/c2ccco2)c1S(=O)(=O)N1CCCC(C(=O)Nc2ccccc2)C1. The van der Waals surface area contributed by atoms with Gasteiger partial charge in [0.1, 0.15) is 11.5 Å². The molecular weight excluding hydrogens is 418 g/mol. The normalized spacial score (nSPS) is 17.8. The van der Waals surface area contributed by atoms with Crippen molar-refractivity contribution in [3.8, 4) is 0 Å². The van der Waals surface area contributed by atoms with E-state index in [0.29, 0.717) is 30.8 Å². The van der Waals surface area contributed by atoms with Crippen molar-refractivity contribution < 1.29 is 22.2 Å². The summed E-state index contributed by atoms with van der Waals surface area (Å²) in [5.74, 6) is 0.0647. The number of rotatable bonds is 6. The molecule has 0 saturated carbocycles. The number of furan rings is 1. The zero-order valence-corrected chi connectivity index (χ0v) is 17.8. The van der Waals surface area contributed by atoms with Gasteiger partial charge in [-0.3, -0.25) is 4.79 Å². The van der Waals surface area contributed by atoms with Crippen LogP contribution in [0.4, 0.5) is 5.69 Å². The van der Waals surface area contributed by atoms with E-state index in [-0.39, 0.29) is 28.8 Å². The van der Waals surface area contributed by atoms with Crippen LogP contribution in [0.15, 0.2) is 62.6 Å². The fraction of sp³-hybridized carbons (Fsp3) is 0.273. The van der Waals surface area contributed by atoms with Crippen LogP contribution >= 0.6 is 0 Å². The summed E-state index contributed by atoms with van der Waals surface area (Å²) in [5, 5.41) is 6.71. The Morgan fingerprint density at radius 1 is 1.19 bits per heavy atom. The highest BCUT2D eigenvalue weighted by Gasteiger charge is 2.36. The zero-order chi connectivity index (χ0) is 21.8. The Bertz CT molecular complexity index is 1170. The number of nitrogens with one attached hydrogen (secondary N) is 1. The van der Waals surface area contributed by atoms with Crippen LogP contribution in [-0.2, 0) is 14.8 Å². The molecular formula is C22H23N3O5S. The average Bonchev–Trinajstić information content (AvgIpc) is 3.42. The maximum Gasteiger partial charge on any atom is 0.248 e. The molecule has 1 atom stereocenters. The quantitative estimate of drug-likeness (QED) is 0.624. The van der Waals surface area contributed by atoms with Crippen LogP contribution < -0.4 is 5.32 Å². The molecule has 1 unspecified atom stereocenters. The summed E-state index contributed by atoms with van der Waals surface area (Å²) >= 11 is 0. The number of aryl methyl sites for hydroxylation is 1. The molecule has 1 aromatic carbocycles. The molecule has 0 bridgehead atoms. The Morgan fingerprint density at radius 2 is 2.00 bits per heavy atom. The number of anilines is 1. The van der Waals surface area contributed by atoms with Crippen molar-refractivity contribution in [2.45, 2.75) is 24.7 Å². The van der Waals surface area contributed by atoms with Gasteiger partial charge in [0.2, 0.25) is 15.9 Å². The summed E-state index contributed by atoms with van der Waals surface area (Å²) in [6.07, 6.45) is 5.88. The van der Waals surface area contributed by atoms with Crippen LogP contribution in [0.1, 0.15) is 30.1 Å². The number of nitrogens with zero attached hydrogens (tertiary/aromatic N) is 2. The maximum absolute atomic E-state index is 13.4. The first-order valence-electron chi connectivity index (χ1n) is 9.99. The second kappa shape index (κ2) is 8.91. The van der Waals surface area contributed by atoms with Crippen LogP contribution in [0.2, 0.25) is 0 Å². The van der Waals surface area contributed by atoms with Gasteiger partial charge in [0.05, 0.1) is 12.2 Å². The minimum absolute atomic E-state index is 0.0134. The number of aromatic nitrogens is 1. The molecule has 8 nitrogen and oxygen atoms in total. The number of amides is 1. The Balaban J connectivity index is 1.53. The van der Waals surface area contributed by atoms with E-state index in [9.17, 15) is 13.2 Å². The Labute approximate surface area is 180 Å². The number of carbonyl (C=O) groups is 1. The Morgan fingerprint density at radius 3 is 2.74 bits per heavy atom. The third kappa shape index (κ3) is 4.62. The zero-order valence-electron chi connectivity index (χ0n) is 17.0. The van der Waals surface area contributed by atoms with Gasteiger partial charge >= 0.3 is 0 Å². The lowest BCUT2D eigenvalue weighted by atomic mass is 9.99. The van der Waals surface area contributed by atoms with Crippen molar-refractivity contribution in [1.82, 2.24) is 9.46 Å². The van der Waals surface area contributed by atoms with E-state index in [2.05, 4.69) is 10.5 Å². The summed E-state index contributed by atoms with van der Waals surface area (Å²) < 4.78 is 38.7. The number of carbonyl (C=O) groups excluding carboxylic acids is 1. The molecule has 162 valence electrons. The molecule has 9 heteroatoms. The molecule has 1 amide bonds. The molecule has 2 aromatic heterocycles. The number of hydrogen-bond donors (Lipinski definition) is 1. The lowest BCUT2D eigenvalue weighted by molar-refractivity contribution is -0.120. The largest absolute Gasteiger partial charge is 0.465 e. The van der Waals surface area contributed by atoms with Gasteiger partial charge in [0.15, 0.2) is 10.7 Å². The van der Waals surface area contributed by atoms with Gasteiger partial charge in [0, 0.05) is 18.8 Å². The lowest BCUT2D eigenvalue weighted by Crippen LogP contribution is -2.43. The van der Waals surface area contributed by atoms with Gasteiger partial charge in [-0.2, -0.15) is 4.31 Å². The smallest absolute Gasteiger partial charge is 0.248 e. The van der Waals surface area contributed by atoms with E-state index in [4.69, 9.17) is 8.94 Å². The monoisotopic (exact) mass is 441 g/mol. The minimum atomic E-state index is -3.90. The molecule has 4 rings (SSSR count). The van der Waals surface area contributed by atoms with Gasteiger partial charge in [-0.05, 0) is 56.2 Å². The van der Waals surface area contributed by atoms with Crippen LogP contribution in [0, 0.1) is 12.8 Å². The maximum atomic E-state index is 13.4. The van der Waals surface area contributed by atoms with Crippen LogP contribution in [-0.4, -0.2) is 36.9 Å². The van der Waals surface area contributed by atoms with E-state index in [1.165, 1.54) is 16.6 Å². The van der Waals surface area contributed by atoms with Crippen molar-refractivity contribution >= 4 is 33.8 Å². The molecule has 1 N–H and O–H groups in total. The molecule has 1 saturated heterocycles. The van der Waals surface area contributed by atoms with Crippen molar-refractivity contribution in [2.24, 2.45) is 5.92 Å². The highest BCUT2D eigenvalue weighted by Crippen LogP contribution is 2.29. The first kappa shape index (κ1) is 21.1. The molecule has 1 aliphatic rings. The van der Waals surface area contributed by atoms with Gasteiger partial charge in [-0.15, -0.1) is 0 Å². The summed E-state index contributed by atoms with van der Waals surface area (Å²) in [7, 11) is -3.90. The molecule has 3 aromatic rings. The summed E-state index contributed by atoms with van der Waals surface area (Å²) in [6, 6.07) is 12.6. The van der Waals surface area contributed by atoms with Crippen molar-refractivity contribution in [2.75, 3.05) is 18.4 Å². The molecule has 31 heavy (non-hydrogen) atoms. The van der Waals surface area contributed by atoms with Crippen molar-refractivity contribution in [3.63, 3.8) is 0 Å². The van der Waals surface area contributed by atoms with Gasteiger partial charge in [-0.25, -0.2) is 8.42 Å². The van der Waals surface area contributed by atoms with E-state index >= 15 is 0 Å². The van der Waals surface area contributed by atoms with Gasteiger partial charge < -0.3 is 14.3 Å². The Kier molecular flexibility index (Phi) is 6.06. The fourth-order valence-electron chi connectivity index (χ4n) is 3.61. The second-order valence-corrected chi connectivity index (χ2v) is 9.24. The highest BCUT2D eigenvalue weighted by atomic mass is 32.2. The number of hydrogen-bond acceptors (Lipinski definition) is 6. The van der Waals surface area contributed by atoms with E-state index in [0.717, 1.165) is 0 Å². The lowest BCUT2D eigenvalue weighted by Gasteiger charge is -2.31. The van der Waals surface area contributed by atoms with Crippen LogP contribution in [0.25, 0.3) is 12.2 Å². The fourth-order valence-corrected chi connectivity index (χ4v) is 5.39. The summed E-state index contributed by atoms with van der Waals surface area (Å²) in [4.78, 5) is 12.7. The van der Waals surface area contributed by atoms with Gasteiger partial charge in [0.25, 0.3) is 0 Å². The van der Waals surface area contributed by atoms with E-state index in [1.54, 1.807) is 37.3 Å². The standard InChI is InChI=1S/C22H23N3O5S/c1-16-21(20(30-24-16)12-11-19-10-6-14-29-19)31(27,28)25-13-5-7-17(15-25)22(26)23-18-8-3-2-4-9-18/h2-4,6,8-12,14,17H,5,7,13,15H2,1H3,(H,23,26)/b12-11+. The predicted molar refractivity (Wildman–Crippen MR) is 115 cm³/mol. The molecule has 1 fully saturated rings. The summed E-state index contributed by atoms with van der Waals surface area (Å²) in [5.41, 5.74) is 0.961. The predicted octanol–water partition coefficient (Wildman–Crippen LogP) is 3.79. The molecule has 0 spiro atoms. The first-order chi connectivity index (χ1) is 14.9. The number of piperidine rings is 1. The molecule has 3 heterocycles. The van der Waals surface area contributed by atoms with E-state index < -0.39 is 15.9 Å². The molecule has 1 aliphatic heterocycles. The summed E-state index contributed by atoms with van der Waals surface area (Å²) in [6.45, 7) is 2.03. The third-order valence-corrected chi connectivity index (χ3v) is 7.19. The van der Waals surface area contributed by atoms with Gasteiger partial charge in [-0.1, -0.05) is 23.4 Å². The number of benzene rings is 1.